The van der Waals surface area contributed by atoms with Gasteiger partial charge in [0, 0.05) is 13.5 Å². The van der Waals surface area contributed by atoms with E-state index < -0.39 is 0 Å². The zero-order valence-corrected chi connectivity index (χ0v) is 16.3. The molecule has 0 spiro atoms. The molecule has 1 N–H and O–H groups in total. The molecule has 0 saturated heterocycles. The molecular formula is C19H21N3O4S. The number of amides is 1. The zero-order valence-electron chi connectivity index (χ0n) is 15.4. The lowest BCUT2D eigenvalue weighted by Crippen LogP contribution is -2.28. The van der Waals surface area contributed by atoms with Crippen molar-refractivity contribution in [3.63, 3.8) is 0 Å². The fraction of sp³-hybridized carbons (Fsp3) is 0.316. The Morgan fingerprint density at radius 1 is 1.26 bits per heavy atom. The molecule has 0 bridgehead atoms. The SMILES string of the molecule is COc1cccc(CCC(=O)N(C)Cc2nc3ccsc3c(=O)[nH]2)c1OC. The van der Waals surface area contributed by atoms with Crippen molar-refractivity contribution in [2.75, 3.05) is 21.3 Å². The van der Waals surface area contributed by atoms with Crippen molar-refractivity contribution in [3.05, 3.63) is 51.4 Å². The lowest BCUT2D eigenvalue weighted by Gasteiger charge is -2.17. The maximum absolute atomic E-state index is 12.5. The maximum Gasteiger partial charge on any atom is 0.268 e. The standard InChI is InChI=1S/C19H21N3O4S/c1-22(11-15-20-13-9-10-27-18(13)19(24)21-15)16(23)8-7-12-5-4-6-14(25-2)17(12)26-3/h4-6,9-10H,7-8,11H2,1-3H3,(H,20,21,24). The van der Waals surface area contributed by atoms with Crippen LogP contribution in [0.2, 0.25) is 0 Å². The number of fused-ring (bicyclic) bond motifs is 1. The molecule has 1 aromatic carbocycles. The number of carbonyl (C=O) groups is 1. The van der Waals surface area contributed by atoms with Gasteiger partial charge >= 0.3 is 0 Å². The van der Waals surface area contributed by atoms with E-state index in [9.17, 15) is 9.59 Å². The molecule has 8 heteroatoms. The summed E-state index contributed by atoms with van der Waals surface area (Å²) in [5.41, 5.74) is 1.39. The van der Waals surface area contributed by atoms with Crippen molar-refractivity contribution in [3.8, 4) is 11.5 Å². The first-order valence-electron chi connectivity index (χ1n) is 8.43. The molecule has 0 aliphatic heterocycles. The summed E-state index contributed by atoms with van der Waals surface area (Å²) in [6.07, 6.45) is 0.835. The van der Waals surface area contributed by atoms with E-state index in [1.165, 1.54) is 11.3 Å². The summed E-state index contributed by atoms with van der Waals surface area (Å²) in [7, 11) is 4.86. The van der Waals surface area contributed by atoms with Crippen LogP contribution in [-0.2, 0) is 17.8 Å². The van der Waals surface area contributed by atoms with E-state index in [1.54, 1.807) is 32.2 Å². The predicted octanol–water partition coefficient (Wildman–Crippen LogP) is 2.59. The Kier molecular flexibility index (Phi) is 5.75. The van der Waals surface area contributed by atoms with E-state index in [2.05, 4.69) is 9.97 Å². The van der Waals surface area contributed by atoms with Crippen LogP contribution in [0.3, 0.4) is 0 Å². The predicted molar refractivity (Wildman–Crippen MR) is 105 cm³/mol. The van der Waals surface area contributed by atoms with Crippen LogP contribution in [0.4, 0.5) is 0 Å². The topological polar surface area (TPSA) is 84.5 Å². The quantitative estimate of drug-likeness (QED) is 0.674. The average Bonchev–Trinajstić information content (AvgIpc) is 3.14. The Morgan fingerprint density at radius 3 is 2.81 bits per heavy atom. The van der Waals surface area contributed by atoms with Gasteiger partial charge in [0.25, 0.3) is 5.56 Å². The first-order chi connectivity index (χ1) is 13.0. The van der Waals surface area contributed by atoms with Crippen molar-refractivity contribution >= 4 is 27.5 Å². The van der Waals surface area contributed by atoms with Crippen LogP contribution in [0, 0.1) is 0 Å². The van der Waals surface area contributed by atoms with Crippen LogP contribution >= 0.6 is 11.3 Å². The number of rotatable bonds is 7. The number of thiophene rings is 1. The second-order valence-corrected chi connectivity index (χ2v) is 6.97. The van der Waals surface area contributed by atoms with Crippen molar-refractivity contribution in [1.29, 1.82) is 0 Å². The smallest absolute Gasteiger partial charge is 0.268 e. The highest BCUT2D eigenvalue weighted by atomic mass is 32.1. The molecule has 2 heterocycles. The van der Waals surface area contributed by atoms with E-state index in [1.807, 2.05) is 23.6 Å². The van der Waals surface area contributed by atoms with Gasteiger partial charge in [0.15, 0.2) is 11.5 Å². The number of nitrogens with zero attached hydrogens (tertiary/aromatic N) is 2. The average molecular weight is 387 g/mol. The first kappa shape index (κ1) is 18.9. The van der Waals surface area contributed by atoms with Gasteiger partial charge in [-0.3, -0.25) is 9.59 Å². The summed E-state index contributed by atoms with van der Waals surface area (Å²) in [6, 6.07) is 7.41. The van der Waals surface area contributed by atoms with E-state index in [-0.39, 0.29) is 18.0 Å². The number of hydrogen-bond donors (Lipinski definition) is 1. The van der Waals surface area contributed by atoms with Gasteiger partial charge in [-0.2, -0.15) is 0 Å². The highest BCUT2D eigenvalue weighted by Gasteiger charge is 2.15. The van der Waals surface area contributed by atoms with Gasteiger partial charge in [0.1, 0.15) is 10.5 Å². The number of H-pyrrole nitrogens is 1. The first-order valence-corrected chi connectivity index (χ1v) is 9.31. The highest BCUT2D eigenvalue weighted by Crippen LogP contribution is 2.31. The molecule has 0 saturated carbocycles. The second kappa shape index (κ2) is 8.22. The van der Waals surface area contributed by atoms with Crippen LogP contribution in [-0.4, -0.2) is 42.0 Å². The van der Waals surface area contributed by atoms with E-state index in [0.717, 1.165) is 5.56 Å². The lowest BCUT2D eigenvalue weighted by atomic mass is 10.1. The molecule has 0 unspecified atom stereocenters. The molecule has 142 valence electrons. The number of nitrogens with one attached hydrogen (secondary N) is 1. The van der Waals surface area contributed by atoms with Crippen molar-refractivity contribution in [2.24, 2.45) is 0 Å². The van der Waals surface area contributed by atoms with Gasteiger partial charge in [-0.15, -0.1) is 11.3 Å². The molecule has 0 fully saturated rings. The Hall–Kier alpha value is -2.87. The molecule has 7 nitrogen and oxygen atoms in total. The number of aromatic amines is 1. The summed E-state index contributed by atoms with van der Waals surface area (Å²) in [5, 5.41) is 1.83. The normalized spacial score (nSPS) is 10.8. The zero-order chi connectivity index (χ0) is 19.4. The number of aromatic nitrogens is 2. The van der Waals surface area contributed by atoms with Gasteiger partial charge in [-0.05, 0) is 29.5 Å². The number of para-hydroxylation sites is 1. The number of methoxy groups -OCH3 is 2. The van der Waals surface area contributed by atoms with E-state index in [4.69, 9.17) is 9.47 Å². The Balaban J connectivity index is 1.66. The van der Waals surface area contributed by atoms with Gasteiger partial charge in [-0.25, -0.2) is 4.98 Å². The van der Waals surface area contributed by atoms with Gasteiger partial charge in [-0.1, -0.05) is 12.1 Å². The van der Waals surface area contributed by atoms with Crippen LogP contribution in [0.5, 0.6) is 11.5 Å². The van der Waals surface area contributed by atoms with E-state index in [0.29, 0.717) is 40.4 Å². The van der Waals surface area contributed by atoms with Crippen molar-refractivity contribution < 1.29 is 14.3 Å². The molecule has 1 amide bonds. The third-order valence-electron chi connectivity index (χ3n) is 4.27. The maximum atomic E-state index is 12.5. The fourth-order valence-corrected chi connectivity index (χ4v) is 3.62. The molecule has 0 aliphatic carbocycles. The third-order valence-corrected chi connectivity index (χ3v) is 5.17. The molecular weight excluding hydrogens is 366 g/mol. The minimum Gasteiger partial charge on any atom is -0.493 e. The molecule has 0 radical (unpaired) electrons. The van der Waals surface area contributed by atoms with Crippen LogP contribution in [0.1, 0.15) is 17.8 Å². The van der Waals surface area contributed by atoms with E-state index >= 15 is 0 Å². The number of hydrogen-bond acceptors (Lipinski definition) is 6. The lowest BCUT2D eigenvalue weighted by molar-refractivity contribution is -0.130. The summed E-state index contributed by atoms with van der Waals surface area (Å²) in [5.74, 6) is 1.71. The van der Waals surface area contributed by atoms with Gasteiger partial charge in [0.2, 0.25) is 5.91 Å². The summed E-state index contributed by atoms with van der Waals surface area (Å²) < 4.78 is 11.3. The Morgan fingerprint density at radius 2 is 2.07 bits per heavy atom. The number of carbonyl (C=O) groups excluding carboxylic acids is 1. The highest BCUT2D eigenvalue weighted by molar-refractivity contribution is 7.17. The minimum atomic E-state index is -0.174. The second-order valence-electron chi connectivity index (χ2n) is 6.05. The number of ether oxygens (including phenoxy) is 2. The molecule has 27 heavy (non-hydrogen) atoms. The summed E-state index contributed by atoms with van der Waals surface area (Å²) in [4.78, 5) is 33.3. The fourth-order valence-electron chi connectivity index (χ4n) is 2.89. The number of benzene rings is 1. The molecule has 0 aliphatic rings. The summed E-state index contributed by atoms with van der Waals surface area (Å²) in [6.45, 7) is 0.245. The van der Waals surface area contributed by atoms with Crippen LogP contribution in [0.15, 0.2) is 34.4 Å². The molecule has 2 aromatic heterocycles. The van der Waals surface area contributed by atoms with Crippen LogP contribution < -0.4 is 15.0 Å². The number of aryl methyl sites for hydroxylation is 1. The monoisotopic (exact) mass is 387 g/mol. The van der Waals surface area contributed by atoms with Crippen molar-refractivity contribution in [2.45, 2.75) is 19.4 Å². The Labute approximate surface area is 160 Å². The largest absolute Gasteiger partial charge is 0.493 e. The molecule has 3 aromatic rings. The molecule has 3 rings (SSSR count). The van der Waals surface area contributed by atoms with Crippen molar-refractivity contribution in [1.82, 2.24) is 14.9 Å². The Bertz CT molecular complexity index is 1010. The van der Waals surface area contributed by atoms with Crippen LogP contribution in [0.25, 0.3) is 10.2 Å². The molecule has 0 atom stereocenters. The summed E-state index contributed by atoms with van der Waals surface area (Å²) >= 11 is 1.35. The minimum absolute atomic E-state index is 0.0482. The third kappa shape index (κ3) is 4.11. The van der Waals surface area contributed by atoms with Gasteiger partial charge in [0.05, 0.1) is 26.3 Å². The van der Waals surface area contributed by atoms with Gasteiger partial charge < -0.3 is 19.4 Å².